The predicted molar refractivity (Wildman–Crippen MR) is 73.0 cm³/mol. The lowest BCUT2D eigenvalue weighted by molar-refractivity contribution is 0.813. The molecule has 0 aromatic carbocycles. The predicted octanol–water partition coefficient (Wildman–Crippen LogP) is 2.59. The van der Waals surface area contributed by atoms with E-state index < -0.39 is 0 Å². The van der Waals surface area contributed by atoms with Crippen LogP contribution >= 0.6 is 23.5 Å². The Morgan fingerprint density at radius 2 is 1.88 bits per heavy atom. The van der Waals surface area contributed by atoms with E-state index in [0.717, 1.165) is 17.1 Å². The Kier molecular flexibility index (Phi) is 3.64. The first-order valence-corrected chi connectivity index (χ1v) is 7.53. The first-order valence-electron chi connectivity index (χ1n) is 5.43. The molecule has 1 aliphatic rings. The maximum Gasteiger partial charge on any atom is 0.145 e. The average molecular weight is 255 g/mol. The van der Waals surface area contributed by atoms with E-state index in [1.165, 1.54) is 11.5 Å². The van der Waals surface area contributed by atoms with Crippen LogP contribution in [-0.2, 0) is 0 Å². The molecule has 0 amide bonds. The third-order valence-electron chi connectivity index (χ3n) is 2.89. The minimum absolute atomic E-state index is 0.389. The summed E-state index contributed by atoms with van der Waals surface area (Å²) in [5.41, 5.74) is 7.92. The van der Waals surface area contributed by atoms with Crippen LogP contribution in [0.25, 0.3) is 0 Å². The van der Waals surface area contributed by atoms with Gasteiger partial charge in [-0.2, -0.15) is 11.8 Å². The molecule has 5 heteroatoms. The summed E-state index contributed by atoms with van der Waals surface area (Å²) in [5.74, 6) is 3.94. The van der Waals surface area contributed by atoms with E-state index in [-0.39, 0.29) is 0 Å². The van der Waals surface area contributed by atoms with Crippen molar-refractivity contribution >= 4 is 29.3 Å². The van der Waals surface area contributed by atoms with Crippen LogP contribution in [0.5, 0.6) is 0 Å². The summed E-state index contributed by atoms with van der Waals surface area (Å²) in [6, 6.07) is 0. The van der Waals surface area contributed by atoms with Crippen molar-refractivity contribution in [2.75, 3.05) is 17.2 Å². The van der Waals surface area contributed by atoms with E-state index in [9.17, 15) is 0 Å². The van der Waals surface area contributed by atoms with Gasteiger partial charge in [-0.1, -0.05) is 6.92 Å². The van der Waals surface area contributed by atoms with E-state index in [1.54, 1.807) is 0 Å². The highest BCUT2D eigenvalue weighted by atomic mass is 32.2. The summed E-state index contributed by atoms with van der Waals surface area (Å²) in [5, 5.41) is 0.959. The van der Waals surface area contributed by atoms with Gasteiger partial charge in [0.25, 0.3) is 0 Å². The van der Waals surface area contributed by atoms with Crippen LogP contribution in [0.4, 0.5) is 5.82 Å². The van der Waals surface area contributed by atoms with Crippen LogP contribution in [0.15, 0.2) is 0 Å². The molecule has 0 saturated carbocycles. The molecule has 2 unspecified atom stereocenters. The van der Waals surface area contributed by atoms with E-state index in [1.807, 2.05) is 37.4 Å². The van der Waals surface area contributed by atoms with Crippen LogP contribution in [0.2, 0.25) is 0 Å². The molecule has 1 aromatic rings. The zero-order chi connectivity index (χ0) is 11.7. The lowest BCUT2D eigenvalue weighted by Crippen LogP contribution is -2.19. The topological polar surface area (TPSA) is 51.8 Å². The van der Waals surface area contributed by atoms with Crippen molar-refractivity contribution in [2.24, 2.45) is 0 Å². The lowest BCUT2D eigenvalue weighted by Gasteiger charge is -2.27. The lowest BCUT2D eigenvalue weighted by atomic mass is 10.2. The highest BCUT2D eigenvalue weighted by Crippen LogP contribution is 2.41. The summed E-state index contributed by atoms with van der Waals surface area (Å²) >= 11 is 3.94. The van der Waals surface area contributed by atoms with Crippen LogP contribution in [0.3, 0.4) is 0 Å². The van der Waals surface area contributed by atoms with Gasteiger partial charge in [-0.15, -0.1) is 11.8 Å². The minimum Gasteiger partial charge on any atom is -0.383 e. The second-order valence-corrected chi connectivity index (χ2v) is 6.78. The fraction of sp³-hybridized carbons (Fsp3) is 0.636. The van der Waals surface area contributed by atoms with Crippen molar-refractivity contribution in [3.8, 4) is 0 Å². The zero-order valence-electron chi connectivity index (χ0n) is 9.86. The number of aromatic nitrogens is 2. The first-order chi connectivity index (χ1) is 7.59. The average Bonchev–Trinajstić information content (AvgIpc) is 2.26. The van der Waals surface area contributed by atoms with Crippen molar-refractivity contribution in [3.63, 3.8) is 0 Å². The number of nitrogens with two attached hydrogens (primary N) is 1. The standard InChI is InChI=1S/C11H17N3S2/c1-6-7(2)13-11(14-10(6)12)9-8(3)15-4-5-16-9/h8-9H,4-5H2,1-3H3,(H2,12,13,14). The fourth-order valence-electron chi connectivity index (χ4n) is 1.72. The van der Waals surface area contributed by atoms with Gasteiger partial charge in [0.15, 0.2) is 0 Å². The van der Waals surface area contributed by atoms with Crippen LogP contribution in [0.1, 0.15) is 29.3 Å². The van der Waals surface area contributed by atoms with Crippen molar-refractivity contribution in [2.45, 2.75) is 31.3 Å². The molecule has 3 nitrogen and oxygen atoms in total. The number of thioether (sulfide) groups is 2. The molecular weight excluding hydrogens is 238 g/mol. The summed E-state index contributed by atoms with van der Waals surface area (Å²) in [4.78, 5) is 9.02. The molecule has 1 aromatic heterocycles. The second kappa shape index (κ2) is 4.84. The molecule has 88 valence electrons. The molecule has 1 aliphatic heterocycles. The van der Waals surface area contributed by atoms with Gasteiger partial charge < -0.3 is 5.73 Å². The Morgan fingerprint density at radius 1 is 1.19 bits per heavy atom. The van der Waals surface area contributed by atoms with Gasteiger partial charge in [0.1, 0.15) is 11.6 Å². The molecule has 2 atom stereocenters. The van der Waals surface area contributed by atoms with Gasteiger partial charge in [-0.3, -0.25) is 0 Å². The Bertz CT molecular complexity index is 372. The number of hydrogen-bond acceptors (Lipinski definition) is 5. The van der Waals surface area contributed by atoms with Crippen LogP contribution in [0, 0.1) is 13.8 Å². The molecule has 0 spiro atoms. The Hall–Kier alpha value is -0.420. The second-order valence-electron chi connectivity index (χ2n) is 4.04. The molecule has 16 heavy (non-hydrogen) atoms. The van der Waals surface area contributed by atoms with E-state index in [0.29, 0.717) is 16.3 Å². The van der Waals surface area contributed by atoms with Crippen molar-refractivity contribution in [1.82, 2.24) is 9.97 Å². The van der Waals surface area contributed by atoms with Gasteiger partial charge >= 0.3 is 0 Å². The highest BCUT2D eigenvalue weighted by Gasteiger charge is 2.27. The van der Waals surface area contributed by atoms with Gasteiger partial charge in [-0.05, 0) is 13.8 Å². The van der Waals surface area contributed by atoms with Gasteiger partial charge in [0.2, 0.25) is 0 Å². The number of nitrogens with zero attached hydrogens (tertiary/aromatic N) is 2. The maximum absolute atomic E-state index is 5.91. The molecule has 1 saturated heterocycles. The SMILES string of the molecule is Cc1nc(C2SCCSC2C)nc(N)c1C. The Morgan fingerprint density at radius 3 is 2.50 bits per heavy atom. The van der Waals surface area contributed by atoms with Gasteiger partial charge in [0.05, 0.1) is 5.25 Å². The number of aryl methyl sites for hydroxylation is 1. The molecule has 2 N–H and O–H groups in total. The molecule has 2 heterocycles. The van der Waals surface area contributed by atoms with Crippen LogP contribution in [-0.4, -0.2) is 26.7 Å². The Labute approximate surface area is 105 Å². The smallest absolute Gasteiger partial charge is 0.145 e. The van der Waals surface area contributed by atoms with Gasteiger partial charge in [0, 0.05) is 28.0 Å². The quantitative estimate of drug-likeness (QED) is 0.836. The van der Waals surface area contributed by atoms with E-state index in [4.69, 9.17) is 5.73 Å². The molecular formula is C11H17N3S2. The zero-order valence-corrected chi connectivity index (χ0v) is 11.5. The third-order valence-corrected chi connectivity index (χ3v) is 5.97. The molecule has 0 radical (unpaired) electrons. The maximum atomic E-state index is 5.91. The van der Waals surface area contributed by atoms with Gasteiger partial charge in [-0.25, -0.2) is 9.97 Å². The largest absolute Gasteiger partial charge is 0.383 e. The molecule has 0 aliphatic carbocycles. The number of rotatable bonds is 1. The normalized spacial score (nSPS) is 25.7. The Balaban J connectivity index is 2.32. The van der Waals surface area contributed by atoms with E-state index in [2.05, 4.69) is 16.9 Å². The highest BCUT2D eigenvalue weighted by molar-refractivity contribution is 8.06. The number of hydrogen-bond donors (Lipinski definition) is 1. The summed E-state index contributed by atoms with van der Waals surface area (Å²) in [6.45, 7) is 6.22. The van der Waals surface area contributed by atoms with Crippen molar-refractivity contribution < 1.29 is 0 Å². The summed E-state index contributed by atoms with van der Waals surface area (Å²) in [6.07, 6.45) is 0. The first kappa shape index (κ1) is 12.0. The van der Waals surface area contributed by atoms with E-state index >= 15 is 0 Å². The van der Waals surface area contributed by atoms with Crippen molar-refractivity contribution in [3.05, 3.63) is 17.1 Å². The van der Waals surface area contributed by atoms with Crippen molar-refractivity contribution in [1.29, 1.82) is 0 Å². The van der Waals surface area contributed by atoms with Crippen LogP contribution < -0.4 is 5.73 Å². The molecule has 0 bridgehead atoms. The third kappa shape index (κ3) is 2.30. The summed E-state index contributed by atoms with van der Waals surface area (Å²) < 4.78 is 0. The fourth-order valence-corrected chi connectivity index (χ4v) is 4.41. The molecule has 1 fully saturated rings. The number of anilines is 1. The molecule has 2 rings (SSSR count). The minimum atomic E-state index is 0.389. The summed E-state index contributed by atoms with van der Waals surface area (Å²) in [7, 11) is 0. The monoisotopic (exact) mass is 255 g/mol. The number of nitrogen functional groups attached to an aromatic ring is 1.